The molecule has 3 rings (SSSR count). The van der Waals surface area contributed by atoms with Gasteiger partial charge in [0, 0.05) is 18.1 Å². The average molecular weight is 293 g/mol. The Bertz CT molecular complexity index is 309. The van der Waals surface area contributed by atoms with Crippen LogP contribution in [0.15, 0.2) is 0 Å². The summed E-state index contributed by atoms with van der Waals surface area (Å²) < 4.78 is 0. The van der Waals surface area contributed by atoms with Crippen molar-refractivity contribution in [1.29, 1.82) is 0 Å². The van der Waals surface area contributed by atoms with E-state index in [0.717, 1.165) is 30.0 Å². The maximum atomic E-state index is 3.80. The van der Waals surface area contributed by atoms with E-state index in [0.29, 0.717) is 0 Å². The molecule has 0 aromatic rings. The number of rotatable bonds is 3. The fraction of sp³-hybridized carbons (Fsp3) is 1.00. The average Bonchev–Trinajstić information content (AvgIpc) is 2.91. The van der Waals surface area contributed by atoms with Gasteiger partial charge in [0.15, 0.2) is 0 Å². The zero-order valence-corrected chi connectivity index (χ0v) is 14.3. The van der Waals surface area contributed by atoms with Crippen LogP contribution in [-0.4, -0.2) is 36.1 Å². The van der Waals surface area contributed by atoms with Crippen molar-refractivity contribution < 1.29 is 0 Å². The monoisotopic (exact) mass is 292 g/mol. The van der Waals surface area contributed by atoms with Gasteiger partial charge in [0.05, 0.1) is 0 Å². The maximum Gasteiger partial charge on any atom is 0.0252 e. The molecule has 1 aliphatic carbocycles. The van der Waals surface area contributed by atoms with E-state index in [1.54, 1.807) is 0 Å². The molecule has 0 spiro atoms. The van der Waals surface area contributed by atoms with Crippen LogP contribution in [0.2, 0.25) is 0 Å². The van der Waals surface area contributed by atoms with Crippen LogP contribution < -0.4 is 5.32 Å². The molecule has 0 amide bonds. The van der Waals surface area contributed by atoms with E-state index in [4.69, 9.17) is 0 Å². The van der Waals surface area contributed by atoms with Gasteiger partial charge < -0.3 is 5.32 Å². The van der Waals surface area contributed by atoms with Gasteiger partial charge in [-0.25, -0.2) is 0 Å². The molecule has 2 nitrogen and oxygen atoms in total. The summed E-state index contributed by atoms with van der Waals surface area (Å²) in [7, 11) is 0. The first-order chi connectivity index (χ1) is 10.3. The first kappa shape index (κ1) is 15.8. The van der Waals surface area contributed by atoms with Gasteiger partial charge >= 0.3 is 0 Å². The van der Waals surface area contributed by atoms with Crippen LogP contribution in [0.5, 0.6) is 0 Å². The van der Waals surface area contributed by atoms with Crippen molar-refractivity contribution in [2.45, 2.75) is 96.2 Å². The first-order valence-electron chi connectivity index (χ1n) is 9.75. The Morgan fingerprint density at radius 2 is 1.76 bits per heavy atom. The Morgan fingerprint density at radius 1 is 0.857 bits per heavy atom. The highest BCUT2D eigenvalue weighted by atomic mass is 15.2. The van der Waals surface area contributed by atoms with E-state index in [2.05, 4.69) is 24.1 Å². The predicted molar refractivity (Wildman–Crippen MR) is 90.6 cm³/mol. The third-order valence-electron chi connectivity index (χ3n) is 6.55. The van der Waals surface area contributed by atoms with Gasteiger partial charge in [-0.15, -0.1) is 0 Å². The maximum absolute atomic E-state index is 3.80. The lowest BCUT2D eigenvalue weighted by atomic mass is 9.88. The third kappa shape index (κ3) is 3.82. The summed E-state index contributed by atoms with van der Waals surface area (Å²) >= 11 is 0. The van der Waals surface area contributed by atoms with E-state index < -0.39 is 0 Å². The number of hydrogen-bond donors (Lipinski definition) is 1. The summed E-state index contributed by atoms with van der Waals surface area (Å²) in [6.45, 7) is 7.49. The predicted octanol–water partition coefficient (Wildman–Crippen LogP) is 4.20. The number of likely N-dealkylation sites (tertiary alicyclic amines) is 1. The van der Waals surface area contributed by atoms with Crippen molar-refractivity contribution in [2.24, 2.45) is 11.8 Å². The van der Waals surface area contributed by atoms with Crippen LogP contribution in [-0.2, 0) is 0 Å². The molecule has 0 aromatic carbocycles. The lowest BCUT2D eigenvalue weighted by Crippen LogP contribution is -2.54. The normalized spacial score (nSPS) is 39.6. The Labute approximate surface area is 132 Å². The van der Waals surface area contributed by atoms with Gasteiger partial charge in [0.2, 0.25) is 0 Å². The highest BCUT2D eigenvalue weighted by Crippen LogP contribution is 2.34. The van der Waals surface area contributed by atoms with Crippen LogP contribution >= 0.6 is 0 Å². The fourth-order valence-electron chi connectivity index (χ4n) is 5.21. The number of nitrogens with one attached hydrogen (secondary N) is 1. The summed E-state index contributed by atoms with van der Waals surface area (Å²) in [4.78, 5) is 2.95. The van der Waals surface area contributed by atoms with Crippen LogP contribution in [0.3, 0.4) is 0 Å². The Kier molecular flexibility index (Phi) is 5.61. The summed E-state index contributed by atoms with van der Waals surface area (Å²) in [6, 6.07) is 2.54. The topological polar surface area (TPSA) is 15.3 Å². The molecule has 2 saturated heterocycles. The minimum Gasteiger partial charge on any atom is -0.312 e. The molecule has 4 unspecified atom stereocenters. The van der Waals surface area contributed by atoms with E-state index in [-0.39, 0.29) is 0 Å². The SMILES string of the molecule is CC(C)C1CCCC(N2CCCCC2C2CCCN2)CC1. The molecule has 3 fully saturated rings. The summed E-state index contributed by atoms with van der Waals surface area (Å²) in [5.41, 5.74) is 0. The lowest BCUT2D eigenvalue weighted by Gasteiger charge is -2.44. The van der Waals surface area contributed by atoms with Gasteiger partial charge in [-0.3, -0.25) is 4.90 Å². The van der Waals surface area contributed by atoms with E-state index in [1.807, 2.05) is 0 Å². The van der Waals surface area contributed by atoms with E-state index in [9.17, 15) is 0 Å². The van der Waals surface area contributed by atoms with Gasteiger partial charge in [0.1, 0.15) is 0 Å². The van der Waals surface area contributed by atoms with Gasteiger partial charge in [-0.05, 0) is 69.9 Å². The molecule has 21 heavy (non-hydrogen) atoms. The quantitative estimate of drug-likeness (QED) is 0.784. The highest BCUT2D eigenvalue weighted by molar-refractivity contribution is 4.94. The Morgan fingerprint density at radius 3 is 2.52 bits per heavy atom. The van der Waals surface area contributed by atoms with Crippen molar-refractivity contribution in [3.8, 4) is 0 Å². The molecule has 1 N–H and O–H groups in total. The Hall–Kier alpha value is -0.0800. The lowest BCUT2D eigenvalue weighted by molar-refractivity contribution is 0.0644. The molecular formula is C19H36N2. The fourth-order valence-corrected chi connectivity index (χ4v) is 5.21. The second-order valence-electron chi connectivity index (χ2n) is 8.17. The molecule has 2 aliphatic heterocycles. The van der Waals surface area contributed by atoms with Gasteiger partial charge in [-0.2, -0.15) is 0 Å². The van der Waals surface area contributed by atoms with Crippen LogP contribution in [0.1, 0.15) is 78.1 Å². The molecule has 0 bridgehead atoms. The second-order valence-corrected chi connectivity index (χ2v) is 8.17. The molecule has 122 valence electrons. The third-order valence-corrected chi connectivity index (χ3v) is 6.55. The summed E-state index contributed by atoms with van der Waals surface area (Å²) in [5, 5.41) is 3.80. The van der Waals surface area contributed by atoms with Crippen molar-refractivity contribution in [1.82, 2.24) is 10.2 Å². The molecule has 2 heterocycles. The van der Waals surface area contributed by atoms with Gasteiger partial charge in [0.25, 0.3) is 0 Å². The summed E-state index contributed by atoms with van der Waals surface area (Å²) in [5.74, 6) is 1.88. The van der Waals surface area contributed by atoms with Crippen molar-refractivity contribution in [2.75, 3.05) is 13.1 Å². The molecular weight excluding hydrogens is 256 g/mol. The van der Waals surface area contributed by atoms with Gasteiger partial charge in [-0.1, -0.05) is 33.1 Å². The molecule has 3 aliphatic rings. The van der Waals surface area contributed by atoms with Crippen molar-refractivity contribution >= 4 is 0 Å². The zero-order valence-electron chi connectivity index (χ0n) is 14.3. The molecule has 0 aromatic heterocycles. The molecule has 0 radical (unpaired) electrons. The molecule has 1 saturated carbocycles. The standard InChI is InChI=1S/C19H36N2/c1-15(2)16-7-5-8-17(12-11-16)21-14-4-3-10-19(21)18-9-6-13-20-18/h15-20H,3-14H2,1-2H3. The minimum atomic E-state index is 0.800. The molecule has 4 atom stereocenters. The van der Waals surface area contributed by atoms with E-state index in [1.165, 1.54) is 77.3 Å². The number of hydrogen-bond acceptors (Lipinski definition) is 2. The largest absolute Gasteiger partial charge is 0.312 e. The highest BCUT2D eigenvalue weighted by Gasteiger charge is 2.36. The zero-order chi connectivity index (χ0) is 14.7. The molecule has 2 heteroatoms. The van der Waals surface area contributed by atoms with Crippen LogP contribution in [0.25, 0.3) is 0 Å². The summed E-state index contributed by atoms with van der Waals surface area (Å²) in [6.07, 6.45) is 14.5. The van der Waals surface area contributed by atoms with Crippen LogP contribution in [0, 0.1) is 11.8 Å². The smallest absolute Gasteiger partial charge is 0.0252 e. The Balaban J connectivity index is 1.62. The first-order valence-corrected chi connectivity index (χ1v) is 9.75. The van der Waals surface area contributed by atoms with E-state index >= 15 is 0 Å². The second kappa shape index (κ2) is 7.46. The van der Waals surface area contributed by atoms with Crippen LogP contribution in [0.4, 0.5) is 0 Å². The number of nitrogens with zero attached hydrogens (tertiary/aromatic N) is 1. The number of piperidine rings is 1. The minimum absolute atomic E-state index is 0.800. The van der Waals surface area contributed by atoms with Crippen molar-refractivity contribution in [3.63, 3.8) is 0 Å². The van der Waals surface area contributed by atoms with Crippen molar-refractivity contribution in [3.05, 3.63) is 0 Å².